The zero-order valence-corrected chi connectivity index (χ0v) is 10.9. The van der Waals surface area contributed by atoms with Crippen molar-refractivity contribution >= 4 is 0 Å². The number of aromatic nitrogens is 1. The molecule has 1 aromatic carbocycles. The lowest BCUT2D eigenvalue weighted by Crippen LogP contribution is -2.24. The molecule has 2 aromatic rings. The average Bonchev–Trinajstić information content (AvgIpc) is 2.83. The molecule has 2 heterocycles. The molecular formula is C16H18N2. The van der Waals surface area contributed by atoms with Gasteiger partial charge in [-0.3, -0.25) is 9.88 Å². The molecule has 0 aliphatic carbocycles. The molecule has 2 nitrogen and oxygen atoms in total. The molecule has 0 spiro atoms. The SMILES string of the molecule is CC(C)N1Cc2cccc(-c3cccnc3)c2C1. The van der Waals surface area contributed by atoms with Gasteiger partial charge in [0.2, 0.25) is 0 Å². The summed E-state index contributed by atoms with van der Waals surface area (Å²) < 4.78 is 0. The van der Waals surface area contributed by atoms with Crippen molar-refractivity contribution in [3.63, 3.8) is 0 Å². The number of nitrogens with zero attached hydrogens (tertiary/aromatic N) is 2. The summed E-state index contributed by atoms with van der Waals surface area (Å²) >= 11 is 0. The van der Waals surface area contributed by atoms with E-state index in [4.69, 9.17) is 0 Å². The van der Waals surface area contributed by atoms with Gasteiger partial charge in [0, 0.05) is 37.1 Å². The van der Waals surface area contributed by atoms with Gasteiger partial charge in [-0.05, 0) is 36.6 Å². The summed E-state index contributed by atoms with van der Waals surface area (Å²) in [5.74, 6) is 0. The lowest BCUT2D eigenvalue weighted by Gasteiger charge is -2.19. The van der Waals surface area contributed by atoms with Crippen LogP contribution in [0.25, 0.3) is 11.1 Å². The van der Waals surface area contributed by atoms with Gasteiger partial charge in [0.05, 0.1) is 0 Å². The molecule has 1 aliphatic heterocycles. The van der Waals surface area contributed by atoms with E-state index in [-0.39, 0.29) is 0 Å². The van der Waals surface area contributed by atoms with Gasteiger partial charge in [0.25, 0.3) is 0 Å². The summed E-state index contributed by atoms with van der Waals surface area (Å²) in [7, 11) is 0. The largest absolute Gasteiger partial charge is 0.292 e. The van der Waals surface area contributed by atoms with E-state index in [2.05, 4.69) is 48.0 Å². The summed E-state index contributed by atoms with van der Waals surface area (Å²) in [5, 5.41) is 0. The molecule has 0 N–H and O–H groups in total. The monoisotopic (exact) mass is 238 g/mol. The molecule has 1 aliphatic rings. The second-order valence-corrected chi connectivity index (χ2v) is 5.18. The van der Waals surface area contributed by atoms with E-state index < -0.39 is 0 Å². The molecular weight excluding hydrogens is 220 g/mol. The molecule has 18 heavy (non-hydrogen) atoms. The third-order valence-corrected chi connectivity index (χ3v) is 3.71. The van der Waals surface area contributed by atoms with Crippen molar-refractivity contribution in [1.29, 1.82) is 0 Å². The van der Waals surface area contributed by atoms with Gasteiger partial charge < -0.3 is 0 Å². The van der Waals surface area contributed by atoms with E-state index in [0.717, 1.165) is 13.1 Å². The Labute approximate surface area is 108 Å². The minimum Gasteiger partial charge on any atom is -0.292 e. The second-order valence-electron chi connectivity index (χ2n) is 5.18. The van der Waals surface area contributed by atoms with Crippen molar-refractivity contribution in [3.05, 3.63) is 53.9 Å². The van der Waals surface area contributed by atoms with Gasteiger partial charge >= 0.3 is 0 Å². The zero-order valence-electron chi connectivity index (χ0n) is 10.9. The number of hydrogen-bond acceptors (Lipinski definition) is 2. The van der Waals surface area contributed by atoms with Crippen LogP contribution in [0.2, 0.25) is 0 Å². The van der Waals surface area contributed by atoms with Crippen molar-refractivity contribution < 1.29 is 0 Å². The Balaban J connectivity index is 2.03. The normalized spacial score (nSPS) is 15.1. The summed E-state index contributed by atoms with van der Waals surface area (Å²) in [6.07, 6.45) is 3.78. The summed E-state index contributed by atoms with van der Waals surface area (Å²) in [5.41, 5.74) is 5.49. The predicted molar refractivity (Wildman–Crippen MR) is 74.1 cm³/mol. The highest BCUT2D eigenvalue weighted by Crippen LogP contribution is 2.32. The number of benzene rings is 1. The van der Waals surface area contributed by atoms with Gasteiger partial charge in [-0.15, -0.1) is 0 Å². The fourth-order valence-electron chi connectivity index (χ4n) is 2.60. The molecule has 92 valence electrons. The minimum absolute atomic E-state index is 0.596. The Morgan fingerprint density at radius 3 is 2.72 bits per heavy atom. The van der Waals surface area contributed by atoms with Gasteiger partial charge in [0.15, 0.2) is 0 Å². The summed E-state index contributed by atoms with van der Waals surface area (Å²) in [4.78, 5) is 6.73. The van der Waals surface area contributed by atoms with Crippen molar-refractivity contribution in [2.45, 2.75) is 33.0 Å². The van der Waals surface area contributed by atoms with E-state index in [9.17, 15) is 0 Å². The van der Waals surface area contributed by atoms with E-state index in [1.807, 2.05) is 18.5 Å². The first-order chi connectivity index (χ1) is 8.75. The van der Waals surface area contributed by atoms with Crippen molar-refractivity contribution in [3.8, 4) is 11.1 Å². The molecule has 0 saturated heterocycles. The number of pyridine rings is 1. The third-order valence-electron chi connectivity index (χ3n) is 3.71. The van der Waals surface area contributed by atoms with Crippen LogP contribution in [0.3, 0.4) is 0 Å². The molecule has 0 fully saturated rings. The first-order valence-electron chi connectivity index (χ1n) is 6.51. The van der Waals surface area contributed by atoms with Crippen LogP contribution in [0.1, 0.15) is 25.0 Å². The van der Waals surface area contributed by atoms with Crippen LogP contribution in [0.5, 0.6) is 0 Å². The van der Waals surface area contributed by atoms with Crippen molar-refractivity contribution in [2.24, 2.45) is 0 Å². The molecule has 0 unspecified atom stereocenters. The minimum atomic E-state index is 0.596. The van der Waals surface area contributed by atoms with Crippen LogP contribution in [-0.2, 0) is 13.1 Å². The van der Waals surface area contributed by atoms with Crippen molar-refractivity contribution in [2.75, 3.05) is 0 Å². The van der Waals surface area contributed by atoms with Gasteiger partial charge in [-0.25, -0.2) is 0 Å². The smallest absolute Gasteiger partial charge is 0.0346 e. The molecule has 0 saturated carbocycles. The van der Waals surface area contributed by atoms with E-state index in [1.165, 1.54) is 22.3 Å². The second kappa shape index (κ2) is 4.54. The number of fused-ring (bicyclic) bond motifs is 1. The lowest BCUT2D eigenvalue weighted by molar-refractivity contribution is 0.227. The number of hydrogen-bond donors (Lipinski definition) is 0. The van der Waals surface area contributed by atoms with Crippen LogP contribution in [0.4, 0.5) is 0 Å². The maximum atomic E-state index is 4.23. The fourth-order valence-corrected chi connectivity index (χ4v) is 2.60. The topological polar surface area (TPSA) is 16.1 Å². The zero-order chi connectivity index (χ0) is 12.5. The quantitative estimate of drug-likeness (QED) is 0.796. The maximum absolute atomic E-state index is 4.23. The highest BCUT2D eigenvalue weighted by molar-refractivity contribution is 5.68. The van der Waals surface area contributed by atoms with Crippen LogP contribution < -0.4 is 0 Å². The predicted octanol–water partition coefficient (Wildman–Crippen LogP) is 3.47. The molecule has 1 aromatic heterocycles. The number of rotatable bonds is 2. The lowest BCUT2D eigenvalue weighted by atomic mass is 9.98. The Morgan fingerprint density at radius 2 is 2.00 bits per heavy atom. The van der Waals surface area contributed by atoms with Crippen LogP contribution >= 0.6 is 0 Å². The Kier molecular flexibility index (Phi) is 2.88. The van der Waals surface area contributed by atoms with E-state index >= 15 is 0 Å². The molecule has 0 atom stereocenters. The highest BCUT2D eigenvalue weighted by Gasteiger charge is 2.23. The van der Waals surface area contributed by atoms with Gasteiger partial charge in [-0.2, -0.15) is 0 Å². The summed E-state index contributed by atoms with van der Waals surface area (Å²) in [6.45, 7) is 6.64. The van der Waals surface area contributed by atoms with Gasteiger partial charge in [-0.1, -0.05) is 24.3 Å². The molecule has 0 radical (unpaired) electrons. The molecule has 0 amide bonds. The highest BCUT2D eigenvalue weighted by atomic mass is 15.2. The van der Waals surface area contributed by atoms with E-state index in [0.29, 0.717) is 6.04 Å². The third kappa shape index (κ3) is 1.93. The van der Waals surface area contributed by atoms with Gasteiger partial charge in [0.1, 0.15) is 0 Å². The fraction of sp³-hybridized carbons (Fsp3) is 0.312. The van der Waals surface area contributed by atoms with Crippen molar-refractivity contribution in [1.82, 2.24) is 9.88 Å². The standard InChI is InChI=1S/C16H18N2/c1-12(2)18-10-14-5-3-7-15(16(14)11-18)13-6-4-8-17-9-13/h3-9,12H,10-11H2,1-2H3. The first kappa shape index (κ1) is 11.4. The maximum Gasteiger partial charge on any atom is 0.0346 e. The Bertz CT molecular complexity index is 546. The van der Waals surface area contributed by atoms with Crippen LogP contribution in [0, 0.1) is 0 Å². The Morgan fingerprint density at radius 1 is 1.11 bits per heavy atom. The summed E-state index contributed by atoms with van der Waals surface area (Å²) in [6, 6.07) is 11.4. The van der Waals surface area contributed by atoms with E-state index in [1.54, 1.807) is 0 Å². The van der Waals surface area contributed by atoms with Crippen LogP contribution in [0.15, 0.2) is 42.7 Å². The average molecular weight is 238 g/mol. The van der Waals surface area contributed by atoms with Crippen LogP contribution in [-0.4, -0.2) is 15.9 Å². The first-order valence-corrected chi connectivity index (χ1v) is 6.51. The molecule has 2 heteroatoms. The Hall–Kier alpha value is -1.67. The molecule has 3 rings (SSSR count). The molecule has 0 bridgehead atoms.